The molecule has 7 nitrogen and oxygen atoms in total. The molecule has 0 radical (unpaired) electrons. The Labute approximate surface area is 152 Å². The molecule has 140 valence electrons. The van der Waals surface area contributed by atoms with Crippen molar-refractivity contribution in [3.8, 4) is 5.75 Å². The van der Waals surface area contributed by atoms with Crippen LogP contribution in [0.3, 0.4) is 0 Å². The maximum Gasteiger partial charge on any atom is 0.277 e. The van der Waals surface area contributed by atoms with Crippen molar-refractivity contribution in [1.82, 2.24) is 0 Å². The zero-order valence-corrected chi connectivity index (χ0v) is 15.0. The van der Waals surface area contributed by atoms with Gasteiger partial charge >= 0.3 is 0 Å². The summed E-state index contributed by atoms with van der Waals surface area (Å²) in [6.45, 7) is 0.999. The highest BCUT2D eigenvalue weighted by molar-refractivity contribution is 5.46. The maximum absolute atomic E-state index is 11.2. The Morgan fingerprint density at radius 2 is 1.81 bits per heavy atom. The predicted octanol–water partition coefficient (Wildman–Crippen LogP) is 3.36. The van der Waals surface area contributed by atoms with Crippen molar-refractivity contribution in [3.05, 3.63) is 69.3 Å². The molecule has 0 amide bonds. The average Bonchev–Trinajstić information content (AvgIpc) is 2.66. The van der Waals surface area contributed by atoms with Crippen LogP contribution >= 0.6 is 0 Å². The van der Waals surface area contributed by atoms with E-state index in [1.54, 1.807) is 12.1 Å². The second-order valence-corrected chi connectivity index (χ2v) is 5.71. The summed E-state index contributed by atoms with van der Waals surface area (Å²) in [7, 11) is 2.86. The van der Waals surface area contributed by atoms with E-state index in [4.69, 9.17) is 19.9 Å². The number of nitro benzene ring substituents is 1. The molecule has 7 heteroatoms. The first-order chi connectivity index (χ1) is 12.6. The van der Waals surface area contributed by atoms with Crippen LogP contribution in [0.15, 0.2) is 42.5 Å². The molecule has 0 saturated carbocycles. The number of hydrogen-bond acceptors (Lipinski definition) is 6. The monoisotopic (exact) mass is 360 g/mol. The molecule has 0 saturated heterocycles. The Balaban J connectivity index is 2.01. The molecule has 2 aromatic rings. The first-order valence-electron chi connectivity index (χ1n) is 8.34. The van der Waals surface area contributed by atoms with Gasteiger partial charge in [0.15, 0.2) is 6.29 Å². The smallest absolute Gasteiger partial charge is 0.277 e. The number of aryl methyl sites for hydroxylation is 1. The van der Waals surface area contributed by atoms with Crippen molar-refractivity contribution < 1.29 is 19.1 Å². The van der Waals surface area contributed by atoms with Gasteiger partial charge in [0.05, 0.1) is 17.1 Å². The number of ether oxygens (including phenoxy) is 3. The first-order valence-corrected chi connectivity index (χ1v) is 8.34. The van der Waals surface area contributed by atoms with Gasteiger partial charge in [-0.25, -0.2) is 0 Å². The number of methoxy groups -OCH3 is 2. The van der Waals surface area contributed by atoms with Crippen LogP contribution < -0.4 is 10.5 Å². The van der Waals surface area contributed by atoms with Crippen molar-refractivity contribution in [1.29, 1.82) is 0 Å². The third-order valence-corrected chi connectivity index (χ3v) is 4.08. The average molecular weight is 360 g/mol. The summed E-state index contributed by atoms with van der Waals surface area (Å²) in [5.74, 6) is 0.539. The van der Waals surface area contributed by atoms with Crippen LogP contribution in [0, 0.1) is 10.1 Å². The Bertz CT molecular complexity index is 732. The second kappa shape index (κ2) is 9.86. The standard InChI is InChI=1S/C19H24N2O5/c1-24-19(25-2)17-12-16(9-10-18(17)21(22)23)26-11-5-8-14-6-3-4-7-15(14)13-20/h3-4,6-7,9-10,12,19H,5,8,11,13,20H2,1-2H3. The lowest BCUT2D eigenvalue weighted by atomic mass is 10.0. The SMILES string of the molecule is COC(OC)c1cc(OCCCc2ccccc2CN)ccc1[N+](=O)[O-]. The van der Waals surface area contributed by atoms with Crippen LogP contribution in [0.2, 0.25) is 0 Å². The van der Waals surface area contributed by atoms with Crippen LogP contribution in [-0.2, 0) is 22.4 Å². The van der Waals surface area contributed by atoms with Gasteiger partial charge in [0, 0.05) is 26.8 Å². The number of rotatable bonds is 10. The number of nitro groups is 1. The lowest BCUT2D eigenvalue weighted by Crippen LogP contribution is -2.08. The zero-order valence-electron chi connectivity index (χ0n) is 15.0. The van der Waals surface area contributed by atoms with Crippen molar-refractivity contribution in [3.63, 3.8) is 0 Å². The van der Waals surface area contributed by atoms with Crippen molar-refractivity contribution in [2.24, 2.45) is 5.73 Å². The van der Waals surface area contributed by atoms with Crippen LogP contribution in [0.4, 0.5) is 5.69 Å². The molecule has 0 spiro atoms. The predicted molar refractivity (Wildman–Crippen MR) is 98.0 cm³/mol. The van der Waals surface area contributed by atoms with E-state index in [1.165, 1.54) is 25.8 Å². The summed E-state index contributed by atoms with van der Waals surface area (Å²) in [6, 6.07) is 12.6. The van der Waals surface area contributed by atoms with Gasteiger partial charge in [-0.1, -0.05) is 24.3 Å². The Kier molecular flexibility index (Phi) is 7.53. The van der Waals surface area contributed by atoms with Crippen LogP contribution in [0.25, 0.3) is 0 Å². The number of nitrogens with two attached hydrogens (primary N) is 1. The molecular weight excluding hydrogens is 336 g/mol. The number of hydrogen-bond donors (Lipinski definition) is 1. The van der Waals surface area contributed by atoms with Crippen molar-refractivity contribution in [2.75, 3.05) is 20.8 Å². The highest BCUT2D eigenvalue weighted by Crippen LogP contribution is 2.31. The van der Waals surface area contributed by atoms with Gasteiger partial charge in [-0.15, -0.1) is 0 Å². The highest BCUT2D eigenvalue weighted by atomic mass is 16.7. The van der Waals surface area contributed by atoms with E-state index in [2.05, 4.69) is 6.07 Å². The van der Waals surface area contributed by atoms with Gasteiger partial charge in [0.2, 0.25) is 0 Å². The fraction of sp³-hybridized carbons (Fsp3) is 0.368. The van der Waals surface area contributed by atoms with Gasteiger partial charge in [-0.3, -0.25) is 10.1 Å². The Hall–Kier alpha value is -2.48. The molecule has 2 aromatic carbocycles. The molecule has 0 atom stereocenters. The van der Waals surface area contributed by atoms with Crippen molar-refractivity contribution >= 4 is 5.69 Å². The van der Waals surface area contributed by atoms with Crippen LogP contribution in [0.1, 0.15) is 29.4 Å². The van der Waals surface area contributed by atoms with E-state index in [9.17, 15) is 10.1 Å². The Morgan fingerprint density at radius 3 is 2.42 bits per heavy atom. The van der Waals surface area contributed by atoms with E-state index in [0.717, 1.165) is 18.4 Å². The van der Waals surface area contributed by atoms with Gasteiger partial charge in [0.1, 0.15) is 5.75 Å². The molecular formula is C19H24N2O5. The maximum atomic E-state index is 11.2. The molecule has 0 fully saturated rings. The third-order valence-electron chi connectivity index (χ3n) is 4.08. The van der Waals surface area contributed by atoms with Crippen LogP contribution in [-0.4, -0.2) is 25.7 Å². The molecule has 0 aromatic heterocycles. The largest absolute Gasteiger partial charge is 0.494 e. The van der Waals surface area contributed by atoms with E-state index >= 15 is 0 Å². The second-order valence-electron chi connectivity index (χ2n) is 5.71. The molecule has 2 N–H and O–H groups in total. The highest BCUT2D eigenvalue weighted by Gasteiger charge is 2.22. The summed E-state index contributed by atoms with van der Waals surface area (Å²) in [5.41, 5.74) is 8.35. The fourth-order valence-electron chi connectivity index (χ4n) is 2.78. The molecule has 0 unspecified atom stereocenters. The topological polar surface area (TPSA) is 96.8 Å². The summed E-state index contributed by atoms with van der Waals surface area (Å²) < 4.78 is 16.0. The quantitative estimate of drug-likeness (QED) is 0.302. The van der Waals surface area contributed by atoms with Gasteiger partial charge in [-0.05, 0) is 36.1 Å². The summed E-state index contributed by atoms with van der Waals surface area (Å²) >= 11 is 0. The van der Waals surface area contributed by atoms with E-state index in [0.29, 0.717) is 24.5 Å². The van der Waals surface area contributed by atoms with Crippen LogP contribution in [0.5, 0.6) is 5.75 Å². The minimum absolute atomic E-state index is 0.0667. The van der Waals surface area contributed by atoms with Gasteiger partial charge < -0.3 is 19.9 Å². The molecule has 0 bridgehead atoms. The van der Waals surface area contributed by atoms with Crippen molar-refractivity contribution in [2.45, 2.75) is 25.7 Å². The van der Waals surface area contributed by atoms with Gasteiger partial charge in [-0.2, -0.15) is 0 Å². The minimum atomic E-state index is -0.824. The molecule has 0 aliphatic rings. The van der Waals surface area contributed by atoms with Gasteiger partial charge in [0.25, 0.3) is 5.69 Å². The van der Waals surface area contributed by atoms with E-state index in [1.807, 2.05) is 18.2 Å². The van der Waals surface area contributed by atoms with E-state index in [-0.39, 0.29) is 5.69 Å². The van der Waals surface area contributed by atoms with E-state index < -0.39 is 11.2 Å². The number of benzene rings is 2. The summed E-state index contributed by atoms with van der Waals surface area (Å²) in [4.78, 5) is 10.7. The fourth-order valence-corrected chi connectivity index (χ4v) is 2.78. The lowest BCUT2D eigenvalue weighted by molar-refractivity contribution is -0.387. The molecule has 0 aliphatic carbocycles. The summed E-state index contributed by atoms with van der Waals surface area (Å²) in [6.07, 6.45) is 0.836. The third kappa shape index (κ3) is 5.01. The number of nitrogens with zero attached hydrogens (tertiary/aromatic N) is 1. The minimum Gasteiger partial charge on any atom is -0.494 e. The lowest BCUT2D eigenvalue weighted by Gasteiger charge is -2.15. The first kappa shape index (κ1) is 19.8. The molecule has 2 rings (SSSR count). The normalized spacial score (nSPS) is 10.9. The Morgan fingerprint density at radius 1 is 1.12 bits per heavy atom. The molecule has 26 heavy (non-hydrogen) atoms. The molecule has 0 aliphatic heterocycles. The summed E-state index contributed by atoms with van der Waals surface area (Å²) in [5, 5.41) is 11.2. The zero-order chi connectivity index (χ0) is 18.9. The molecule has 0 heterocycles.